The van der Waals surface area contributed by atoms with E-state index >= 15 is 0 Å². The summed E-state index contributed by atoms with van der Waals surface area (Å²) in [6.07, 6.45) is 5.41. The third-order valence-electron chi connectivity index (χ3n) is 3.39. The van der Waals surface area contributed by atoms with Crippen molar-refractivity contribution in [1.29, 1.82) is 0 Å². The first-order valence-electron chi connectivity index (χ1n) is 6.32. The van der Waals surface area contributed by atoms with Gasteiger partial charge in [-0.3, -0.25) is 9.59 Å². The molecule has 1 aliphatic carbocycles. The van der Waals surface area contributed by atoms with Crippen LogP contribution in [0.15, 0.2) is 0 Å². The number of hydrogen-bond acceptors (Lipinski definition) is 4. The minimum atomic E-state index is -0.726. The zero-order valence-electron chi connectivity index (χ0n) is 10.7. The fourth-order valence-electron chi connectivity index (χ4n) is 2.17. The van der Waals surface area contributed by atoms with Crippen molar-refractivity contribution in [3.05, 3.63) is 0 Å². The summed E-state index contributed by atoms with van der Waals surface area (Å²) in [6.45, 7) is 0. The van der Waals surface area contributed by atoms with Crippen LogP contribution in [-0.2, 0) is 9.59 Å². The van der Waals surface area contributed by atoms with Gasteiger partial charge >= 0.3 is 5.97 Å². The Labute approximate surface area is 112 Å². The van der Waals surface area contributed by atoms with Gasteiger partial charge in [0.05, 0.1) is 12.0 Å². The molecule has 0 unspecified atom stereocenters. The van der Waals surface area contributed by atoms with Crippen LogP contribution in [0.5, 0.6) is 0 Å². The molecule has 0 radical (unpaired) electrons. The van der Waals surface area contributed by atoms with Gasteiger partial charge in [0.15, 0.2) is 0 Å². The highest BCUT2D eigenvalue weighted by Crippen LogP contribution is 2.24. The molecule has 1 amide bonds. The van der Waals surface area contributed by atoms with E-state index in [2.05, 4.69) is 5.32 Å². The summed E-state index contributed by atoms with van der Waals surface area (Å²) in [6, 6.07) is -0.358. The van der Waals surface area contributed by atoms with Crippen LogP contribution in [0.3, 0.4) is 0 Å². The Hall–Kier alpha value is -0.750. The van der Waals surface area contributed by atoms with Crippen LogP contribution in [0, 0.1) is 5.92 Å². The molecule has 104 valence electrons. The second kappa shape index (κ2) is 7.63. The number of nitrogens with two attached hydrogens (primary N) is 1. The average Bonchev–Trinajstić information content (AvgIpc) is 2.36. The highest BCUT2D eigenvalue weighted by atomic mass is 32.2. The highest BCUT2D eigenvalue weighted by Gasteiger charge is 2.27. The van der Waals surface area contributed by atoms with Crippen molar-refractivity contribution in [2.45, 2.75) is 44.2 Å². The zero-order valence-corrected chi connectivity index (χ0v) is 11.5. The molecule has 6 heteroatoms. The summed E-state index contributed by atoms with van der Waals surface area (Å²) in [5, 5.41) is 11.8. The number of aliphatic carboxylic acids is 1. The quantitative estimate of drug-likeness (QED) is 0.667. The predicted molar refractivity (Wildman–Crippen MR) is 72.5 cm³/mol. The molecule has 18 heavy (non-hydrogen) atoms. The number of hydrogen-bond donors (Lipinski definition) is 3. The summed E-state index contributed by atoms with van der Waals surface area (Å²) in [7, 11) is 0. The second-order valence-corrected chi connectivity index (χ2v) is 5.77. The lowest BCUT2D eigenvalue weighted by Crippen LogP contribution is -2.47. The molecule has 1 rings (SSSR count). The zero-order chi connectivity index (χ0) is 13.5. The maximum Gasteiger partial charge on any atom is 0.306 e. The van der Waals surface area contributed by atoms with Crippen LogP contribution in [0.1, 0.15) is 32.1 Å². The SMILES string of the molecule is CSCC[C@H](N)C(=O)NC1CCC(C(=O)O)CC1. The van der Waals surface area contributed by atoms with Crippen molar-refractivity contribution in [2.24, 2.45) is 11.7 Å². The van der Waals surface area contributed by atoms with Crippen molar-refractivity contribution < 1.29 is 14.7 Å². The molecule has 5 nitrogen and oxygen atoms in total. The number of carbonyl (C=O) groups is 2. The second-order valence-electron chi connectivity index (χ2n) is 4.78. The van der Waals surface area contributed by atoms with Gasteiger partial charge in [-0.25, -0.2) is 0 Å². The summed E-state index contributed by atoms with van der Waals surface area (Å²) in [4.78, 5) is 22.6. The Bertz CT molecular complexity index is 291. The normalized spacial score (nSPS) is 25.4. The lowest BCUT2D eigenvalue weighted by molar-refractivity contribution is -0.142. The van der Waals surface area contributed by atoms with Gasteiger partial charge in [-0.05, 0) is 44.1 Å². The van der Waals surface area contributed by atoms with Gasteiger partial charge in [0.1, 0.15) is 0 Å². The third-order valence-corrected chi connectivity index (χ3v) is 4.04. The van der Waals surface area contributed by atoms with E-state index in [9.17, 15) is 9.59 Å². The lowest BCUT2D eigenvalue weighted by atomic mass is 9.86. The smallest absolute Gasteiger partial charge is 0.306 e. The van der Waals surface area contributed by atoms with E-state index in [-0.39, 0.29) is 17.9 Å². The molecule has 4 N–H and O–H groups in total. The van der Waals surface area contributed by atoms with E-state index in [0.717, 1.165) is 18.6 Å². The molecule has 0 aromatic heterocycles. The summed E-state index contributed by atoms with van der Waals surface area (Å²) < 4.78 is 0. The largest absolute Gasteiger partial charge is 0.481 e. The monoisotopic (exact) mass is 274 g/mol. The highest BCUT2D eigenvalue weighted by molar-refractivity contribution is 7.98. The number of amides is 1. The number of carboxylic acids is 1. The minimum absolute atomic E-state index is 0.0911. The molecule has 0 aliphatic heterocycles. The topological polar surface area (TPSA) is 92.4 Å². The molecular formula is C12H22N2O3S. The van der Waals surface area contributed by atoms with Crippen molar-refractivity contribution in [3.63, 3.8) is 0 Å². The number of carboxylic acid groups (broad SMARTS) is 1. The van der Waals surface area contributed by atoms with Gasteiger partial charge in [0, 0.05) is 6.04 Å². The Kier molecular flexibility index (Phi) is 6.49. The van der Waals surface area contributed by atoms with Gasteiger partial charge in [-0.2, -0.15) is 11.8 Å². The fraction of sp³-hybridized carbons (Fsp3) is 0.833. The van der Waals surface area contributed by atoms with Gasteiger partial charge in [0.2, 0.25) is 5.91 Å². The molecular weight excluding hydrogens is 252 g/mol. The standard InChI is InChI=1S/C12H22N2O3S/c1-18-7-6-10(13)11(15)14-9-4-2-8(3-5-9)12(16)17/h8-10H,2-7,13H2,1H3,(H,14,15)(H,16,17)/t8?,9?,10-/m0/s1. The number of nitrogens with one attached hydrogen (secondary N) is 1. The first-order chi connectivity index (χ1) is 8.54. The summed E-state index contributed by atoms with van der Waals surface area (Å²) in [5.41, 5.74) is 5.78. The first-order valence-corrected chi connectivity index (χ1v) is 7.71. The number of rotatable bonds is 6. The molecule has 1 saturated carbocycles. The van der Waals surface area contributed by atoms with E-state index in [0.29, 0.717) is 19.3 Å². The van der Waals surface area contributed by atoms with E-state index in [1.807, 2.05) is 6.26 Å². The van der Waals surface area contributed by atoms with Crippen molar-refractivity contribution in [3.8, 4) is 0 Å². The average molecular weight is 274 g/mol. The first kappa shape index (κ1) is 15.3. The van der Waals surface area contributed by atoms with Gasteiger partial charge < -0.3 is 16.2 Å². The Morgan fingerprint density at radius 1 is 1.39 bits per heavy atom. The fourth-order valence-corrected chi connectivity index (χ4v) is 2.66. The van der Waals surface area contributed by atoms with Gasteiger partial charge in [-0.15, -0.1) is 0 Å². The van der Waals surface area contributed by atoms with Gasteiger partial charge in [-0.1, -0.05) is 0 Å². The molecule has 1 aliphatic rings. The molecule has 0 saturated heterocycles. The van der Waals surface area contributed by atoms with Crippen molar-refractivity contribution in [1.82, 2.24) is 5.32 Å². The van der Waals surface area contributed by atoms with E-state index in [4.69, 9.17) is 10.8 Å². The van der Waals surface area contributed by atoms with Crippen LogP contribution in [-0.4, -0.2) is 41.1 Å². The summed E-state index contributed by atoms with van der Waals surface area (Å²) in [5.74, 6) is -0.206. The predicted octanol–water partition coefficient (Wildman–Crippen LogP) is 0.826. The van der Waals surface area contributed by atoms with E-state index < -0.39 is 12.0 Å². The van der Waals surface area contributed by atoms with Crippen molar-refractivity contribution >= 4 is 23.6 Å². The third kappa shape index (κ3) is 4.86. The van der Waals surface area contributed by atoms with Crippen LogP contribution < -0.4 is 11.1 Å². The van der Waals surface area contributed by atoms with Crippen LogP contribution in [0.2, 0.25) is 0 Å². The van der Waals surface area contributed by atoms with Crippen LogP contribution in [0.25, 0.3) is 0 Å². The van der Waals surface area contributed by atoms with Crippen LogP contribution >= 0.6 is 11.8 Å². The lowest BCUT2D eigenvalue weighted by Gasteiger charge is -2.27. The molecule has 1 fully saturated rings. The maximum absolute atomic E-state index is 11.8. The summed E-state index contributed by atoms with van der Waals surface area (Å²) >= 11 is 1.67. The molecule has 0 spiro atoms. The van der Waals surface area contributed by atoms with E-state index in [1.165, 1.54) is 0 Å². The maximum atomic E-state index is 11.8. The number of thioether (sulfide) groups is 1. The minimum Gasteiger partial charge on any atom is -0.481 e. The molecule has 0 aromatic rings. The van der Waals surface area contributed by atoms with Crippen molar-refractivity contribution in [2.75, 3.05) is 12.0 Å². The molecule has 0 bridgehead atoms. The molecule has 0 heterocycles. The number of carbonyl (C=O) groups excluding carboxylic acids is 1. The molecule has 1 atom stereocenters. The van der Waals surface area contributed by atoms with Gasteiger partial charge in [0.25, 0.3) is 0 Å². The Balaban J connectivity index is 2.27. The Morgan fingerprint density at radius 3 is 2.50 bits per heavy atom. The van der Waals surface area contributed by atoms with Crippen LogP contribution in [0.4, 0.5) is 0 Å². The molecule has 0 aromatic carbocycles. The van der Waals surface area contributed by atoms with E-state index in [1.54, 1.807) is 11.8 Å². The Morgan fingerprint density at radius 2 is 2.00 bits per heavy atom.